The Morgan fingerprint density at radius 2 is 1.41 bits per heavy atom. The van der Waals surface area contributed by atoms with Gasteiger partial charge in [0.25, 0.3) is 0 Å². The zero-order valence-corrected chi connectivity index (χ0v) is 24.9. The second-order valence-corrected chi connectivity index (χ2v) is 12.2. The van der Waals surface area contributed by atoms with Crippen molar-refractivity contribution in [3.63, 3.8) is 0 Å². The van der Waals surface area contributed by atoms with Crippen molar-refractivity contribution in [2.75, 3.05) is 26.7 Å². The van der Waals surface area contributed by atoms with Gasteiger partial charge in [-0.25, -0.2) is 0 Å². The number of nitrogens with zero attached hydrogens (tertiary/aromatic N) is 3. The maximum absolute atomic E-state index is 13.8. The molecule has 2 aliphatic rings. The molecule has 0 radical (unpaired) electrons. The van der Waals surface area contributed by atoms with E-state index in [-0.39, 0.29) is 47.7 Å². The average Bonchev–Trinajstić information content (AvgIpc) is 2.83. The minimum Gasteiger partial charge on any atom is -0.343 e. The molecule has 0 aliphatic carbocycles. The average molecular weight is 519 g/mol. The summed E-state index contributed by atoms with van der Waals surface area (Å²) >= 11 is 0. The predicted molar refractivity (Wildman–Crippen MR) is 151 cm³/mol. The lowest BCUT2D eigenvalue weighted by Crippen LogP contribution is -2.58. The number of likely N-dealkylation sites (tertiary alicyclic amines) is 2. The topological polar surface area (TPSA) is 73.0 Å². The highest BCUT2D eigenvalue weighted by Gasteiger charge is 2.36. The summed E-state index contributed by atoms with van der Waals surface area (Å²) in [5, 5.41) is 3.12. The highest BCUT2D eigenvalue weighted by atomic mass is 16.2. The number of piperidine rings is 1. The molecule has 0 bridgehead atoms. The van der Waals surface area contributed by atoms with Crippen LogP contribution in [0.2, 0.25) is 0 Å². The largest absolute Gasteiger partial charge is 0.343 e. The maximum Gasteiger partial charge on any atom is 0.249 e. The third-order valence-electron chi connectivity index (χ3n) is 8.12. The lowest BCUT2D eigenvalue weighted by Gasteiger charge is -2.39. The maximum atomic E-state index is 13.8. The summed E-state index contributed by atoms with van der Waals surface area (Å²) in [5.41, 5.74) is 0.693. The Kier molecular flexibility index (Phi) is 12.6. The van der Waals surface area contributed by atoms with Gasteiger partial charge in [0.15, 0.2) is 0 Å². The molecule has 2 heterocycles. The molecule has 2 unspecified atom stereocenters. The number of rotatable bonds is 9. The normalized spacial score (nSPS) is 22.0. The van der Waals surface area contributed by atoms with Gasteiger partial charge >= 0.3 is 0 Å². The SMILES string of the molecule is C/C(=C\[C@H](C(C)C)N(C)C(=O)C(NC(=O)C1CCCCN1C(C)C)C(C)C)C(=O)N1CCCCCCC1. The van der Waals surface area contributed by atoms with Crippen LogP contribution in [0, 0.1) is 11.8 Å². The highest BCUT2D eigenvalue weighted by Crippen LogP contribution is 2.22. The summed E-state index contributed by atoms with van der Waals surface area (Å²) in [7, 11) is 1.81. The Morgan fingerprint density at radius 3 is 1.95 bits per heavy atom. The number of likely N-dealkylation sites (N-methyl/N-ethyl adjacent to an activating group) is 1. The molecule has 0 aromatic carbocycles. The third-order valence-corrected chi connectivity index (χ3v) is 8.12. The summed E-state index contributed by atoms with van der Waals surface area (Å²) in [6, 6.07) is -0.734. The molecule has 212 valence electrons. The van der Waals surface area contributed by atoms with E-state index in [0.29, 0.717) is 5.57 Å². The van der Waals surface area contributed by atoms with Gasteiger partial charge in [0, 0.05) is 31.8 Å². The van der Waals surface area contributed by atoms with Crippen LogP contribution in [0.15, 0.2) is 11.6 Å². The summed E-state index contributed by atoms with van der Waals surface area (Å²) in [4.78, 5) is 46.4. The van der Waals surface area contributed by atoms with Gasteiger partial charge in [-0.1, -0.05) is 59.5 Å². The summed E-state index contributed by atoms with van der Waals surface area (Å²) in [5.74, 6) is 0.0108. The van der Waals surface area contributed by atoms with Crippen LogP contribution in [0.4, 0.5) is 0 Å². The number of amides is 3. The van der Waals surface area contributed by atoms with Gasteiger partial charge in [0.05, 0.1) is 12.1 Å². The van der Waals surface area contributed by atoms with Crippen molar-refractivity contribution in [2.45, 2.75) is 124 Å². The fourth-order valence-electron chi connectivity index (χ4n) is 5.76. The van der Waals surface area contributed by atoms with Crippen LogP contribution in [0.1, 0.15) is 99.8 Å². The number of nitrogens with one attached hydrogen (secondary N) is 1. The van der Waals surface area contributed by atoms with Crippen LogP contribution >= 0.6 is 0 Å². The monoisotopic (exact) mass is 518 g/mol. The van der Waals surface area contributed by atoms with Crippen LogP contribution in [0.3, 0.4) is 0 Å². The molecule has 0 aromatic rings. The molecular weight excluding hydrogens is 464 g/mol. The molecule has 0 aromatic heterocycles. The fraction of sp³-hybridized carbons (Fsp3) is 0.833. The molecule has 2 rings (SSSR count). The first-order valence-electron chi connectivity index (χ1n) is 14.8. The first-order chi connectivity index (χ1) is 17.5. The van der Waals surface area contributed by atoms with Crippen LogP contribution in [-0.2, 0) is 14.4 Å². The van der Waals surface area contributed by atoms with E-state index in [1.165, 1.54) is 19.3 Å². The predicted octanol–water partition coefficient (Wildman–Crippen LogP) is 4.61. The van der Waals surface area contributed by atoms with Gasteiger partial charge < -0.3 is 15.1 Å². The molecule has 7 heteroatoms. The quantitative estimate of drug-likeness (QED) is 0.453. The molecule has 3 amide bonds. The summed E-state index contributed by atoms with van der Waals surface area (Å²) < 4.78 is 0. The van der Waals surface area contributed by atoms with Crippen LogP contribution < -0.4 is 5.32 Å². The summed E-state index contributed by atoms with van der Waals surface area (Å²) in [6.07, 6.45) is 10.6. The molecule has 0 spiro atoms. The number of carbonyl (C=O) groups is 3. The van der Waals surface area contributed by atoms with Gasteiger partial charge in [0.1, 0.15) is 6.04 Å². The highest BCUT2D eigenvalue weighted by molar-refractivity contribution is 5.93. The Bertz CT molecular complexity index is 784. The zero-order chi connectivity index (χ0) is 27.7. The Balaban J connectivity index is 2.17. The molecule has 2 saturated heterocycles. The van der Waals surface area contributed by atoms with Crippen molar-refractivity contribution >= 4 is 17.7 Å². The molecule has 3 atom stereocenters. The number of carbonyl (C=O) groups excluding carboxylic acids is 3. The van der Waals surface area contributed by atoms with E-state index in [9.17, 15) is 14.4 Å². The first kappa shape index (κ1) is 31.3. The van der Waals surface area contributed by atoms with E-state index in [2.05, 4.69) is 37.9 Å². The van der Waals surface area contributed by atoms with Gasteiger partial charge in [-0.05, 0) is 64.8 Å². The van der Waals surface area contributed by atoms with Crippen LogP contribution in [-0.4, -0.2) is 83.3 Å². The van der Waals surface area contributed by atoms with E-state index in [0.717, 1.165) is 51.7 Å². The van der Waals surface area contributed by atoms with Crippen molar-refractivity contribution in [1.29, 1.82) is 0 Å². The molecule has 2 aliphatic heterocycles. The minimum absolute atomic E-state index is 0.0458. The lowest BCUT2D eigenvalue weighted by atomic mass is 9.95. The fourth-order valence-corrected chi connectivity index (χ4v) is 5.76. The molecule has 37 heavy (non-hydrogen) atoms. The van der Waals surface area contributed by atoms with Gasteiger partial charge in [-0.15, -0.1) is 0 Å². The van der Waals surface area contributed by atoms with Gasteiger partial charge in [0.2, 0.25) is 17.7 Å². The van der Waals surface area contributed by atoms with Crippen LogP contribution in [0.5, 0.6) is 0 Å². The van der Waals surface area contributed by atoms with Crippen molar-refractivity contribution in [3.8, 4) is 0 Å². The van der Waals surface area contributed by atoms with Crippen molar-refractivity contribution in [3.05, 3.63) is 11.6 Å². The van der Waals surface area contributed by atoms with Crippen molar-refractivity contribution in [2.24, 2.45) is 11.8 Å². The van der Waals surface area contributed by atoms with E-state index < -0.39 is 6.04 Å². The smallest absolute Gasteiger partial charge is 0.249 e. The second kappa shape index (κ2) is 14.9. The van der Waals surface area contributed by atoms with E-state index in [1.54, 1.807) is 11.9 Å². The molecule has 0 saturated carbocycles. The van der Waals surface area contributed by atoms with Crippen molar-refractivity contribution in [1.82, 2.24) is 20.0 Å². The van der Waals surface area contributed by atoms with Gasteiger partial charge in [-0.2, -0.15) is 0 Å². The Labute approximate surface area is 226 Å². The van der Waals surface area contributed by atoms with Gasteiger partial charge in [-0.3, -0.25) is 19.3 Å². The standard InChI is InChI=1S/C30H54N4O3/c1-21(2)26(20-24(7)29(36)33-17-13-10-9-11-14-18-33)32(8)30(37)27(22(3)4)31-28(35)25-16-12-15-19-34(25)23(5)6/h20-23,25-27H,9-19H2,1-8H3,(H,31,35)/b24-20+/t25?,26-,27?/m1/s1. The number of hydrogen-bond acceptors (Lipinski definition) is 4. The van der Waals surface area contributed by atoms with E-state index >= 15 is 0 Å². The van der Waals surface area contributed by atoms with E-state index in [4.69, 9.17) is 0 Å². The minimum atomic E-state index is -0.603. The van der Waals surface area contributed by atoms with E-state index in [1.807, 2.05) is 31.7 Å². The zero-order valence-electron chi connectivity index (χ0n) is 24.9. The Morgan fingerprint density at radius 1 is 0.838 bits per heavy atom. The summed E-state index contributed by atoms with van der Waals surface area (Å²) in [6.45, 7) is 16.8. The first-order valence-corrected chi connectivity index (χ1v) is 14.8. The molecule has 2 fully saturated rings. The second-order valence-electron chi connectivity index (χ2n) is 12.2. The van der Waals surface area contributed by atoms with Crippen molar-refractivity contribution < 1.29 is 14.4 Å². The van der Waals surface area contributed by atoms with Crippen LogP contribution in [0.25, 0.3) is 0 Å². The molecule has 7 nitrogen and oxygen atoms in total. The number of hydrogen-bond donors (Lipinski definition) is 1. The Hall–Kier alpha value is -1.89. The lowest BCUT2D eigenvalue weighted by molar-refractivity contribution is -0.140. The third kappa shape index (κ3) is 8.83. The molecular formula is C30H54N4O3. The molecule has 1 N–H and O–H groups in total.